The third-order valence-corrected chi connectivity index (χ3v) is 9.34. The predicted molar refractivity (Wildman–Crippen MR) is 197 cm³/mol. The highest BCUT2D eigenvalue weighted by atomic mass is 32.1. The minimum absolute atomic E-state index is 0.00175. The molecular weight excluding hydrogens is 731 g/mol. The maximum atomic E-state index is 12.4. The van der Waals surface area contributed by atoms with E-state index in [1.165, 1.54) is 44.3 Å². The van der Waals surface area contributed by atoms with Crippen molar-refractivity contribution in [3.63, 3.8) is 0 Å². The summed E-state index contributed by atoms with van der Waals surface area (Å²) in [6, 6.07) is 13.0. The van der Waals surface area contributed by atoms with E-state index in [0.717, 1.165) is 23.9 Å². The average Bonchev–Trinajstić information content (AvgIpc) is 3.70. The predicted octanol–water partition coefficient (Wildman–Crippen LogP) is 0.612. The number of hydrogen-bond acceptors (Lipinski definition) is 14. The smallest absolute Gasteiger partial charge is 0.335 e. The van der Waals surface area contributed by atoms with Crippen molar-refractivity contribution in [2.75, 3.05) is 27.3 Å². The first-order valence-electron chi connectivity index (χ1n) is 15.7. The summed E-state index contributed by atoms with van der Waals surface area (Å²) in [7, 11) is 6.95. The van der Waals surface area contributed by atoms with E-state index in [-0.39, 0.29) is 13.2 Å². The number of nitrogens with zero attached hydrogens (tertiary/aromatic N) is 6. The lowest BCUT2D eigenvalue weighted by molar-refractivity contribution is -0.309. The number of nitrogens with one attached hydrogen (secondary N) is 1. The summed E-state index contributed by atoms with van der Waals surface area (Å²) in [6.45, 7) is 2.46. The van der Waals surface area contributed by atoms with Crippen molar-refractivity contribution in [2.24, 2.45) is 14.1 Å². The molecule has 17 nitrogen and oxygen atoms in total. The number of rotatable bonds is 10. The van der Waals surface area contributed by atoms with Crippen LogP contribution in [-0.2, 0) is 46.4 Å². The highest BCUT2D eigenvalue weighted by Gasteiger charge is 2.14. The second kappa shape index (κ2) is 17.8. The number of aliphatic carboxylic acids is 2. The number of benzene rings is 2. The summed E-state index contributed by atoms with van der Waals surface area (Å²) >= 11 is 2.47. The Bertz CT molecular complexity index is 2350. The van der Waals surface area contributed by atoms with Gasteiger partial charge in [0.1, 0.15) is 6.61 Å². The molecule has 6 aromatic rings. The summed E-state index contributed by atoms with van der Waals surface area (Å²) in [5.41, 5.74) is 1.40. The monoisotopic (exact) mass is 766 g/mol. The second-order valence-corrected chi connectivity index (χ2v) is 13.1. The van der Waals surface area contributed by atoms with Gasteiger partial charge >= 0.3 is 17.3 Å². The molecule has 19 heteroatoms. The quantitative estimate of drug-likeness (QED) is 0.195. The normalized spacial score (nSPS) is 10.8. The van der Waals surface area contributed by atoms with Crippen LogP contribution in [-0.4, -0.2) is 71.4 Å². The van der Waals surface area contributed by atoms with E-state index in [1.54, 1.807) is 64.3 Å². The third kappa shape index (κ3) is 9.45. The Morgan fingerprint density at radius 3 is 1.51 bits per heavy atom. The van der Waals surface area contributed by atoms with Gasteiger partial charge in [-0.05, 0) is 87.4 Å². The molecular formula is C34H36N7O10S2-. The first-order chi connectivity index (χ1) is 25.2. The highest BCUT2D eigenvalue weighted by Crippen LogP contribution is 2.26. The van der Waals surface area contributed by atoms with Gasteiger partial charge in [-0.15, -0.1) is 0 Å². The number of carbonyl (C=O) groups is 2. The molecule has 0 fully saturated rings. The van der Waals surface area contributed by atoms with Crippen molar-refractivity contribution in [2.45, 2.75) is 27.1 Å². The lowest BCUT2D eigenvalue weighted by atomic mass is 10.2. The van der Waals surface area contributed by atoms with Crippen molar-refractivity contribution in [1.82, 2.24) is 32.3 Å². The topological polar surface area (TPSA) is 222 Å². The molecule has 0 spiro atoms. The van der Waals surface area contributed by atoms with E-state index in [1.807, 2.05) is 14.1 Å². The summed E-state index contributed by atoms with van der Waals surface area (Å²) in [6.07, 6.45) is 0. The van der Waals surface area contributed by atoms with E-state index >= 15 is 0 Å². The van der Waals surface area contributed by atoms with Crippen molar-refractivity contribution in [3.8, 4) is 11.4 Å². The van der Waals surface area contributed by atoms with Gasteiger partial charge in [0.2, 0.25) is 0 Å². The van der Waals surface area contributed by atoms with Crippen LogP contribution in [0.25, 0.3) is 31.5 Å². The lowest BCUT2D eigenvalue weighted by Crippen LogP contribution is -2.38. The molecule has 0 aliphatic carbocycles. The van der Waals surface area contributed by atoms with Gasteiger partial charge in [0.05, 0.1) is 58.0 Å². The summed E-state index contributed by atoms with van der Waals surface area (Å²) in [4.78, 5) is 70.4. The minimum Gasteiger partial charge on any atom is -0.548 e. The van der Waals surface area contributed by atoms with Gasteiger partial charge in [-0.1, -0.05) is 0 Å². The van der Waals surface area contributed by atoms with Gasteiger partial charge < -0.3 is 38.9 Å². The standard InChI is InChI=1S/2C16H15N3O5S.C2H7N/c2*1-9-5-14(20)19(16(23)18(9)2)10-3-4-13-11(6-10)12(17-25-13)7-24-8-15(21)22;1-3-2/h2*3-6H,7-8H2,1-2H3,(H,21,22);3H,1-2H3/p-1. The average molecular weight is 767 g/mol. The van der Waals surface area contributed by atoms with Gasteiger partial charge in [0, 0.05) is 48.4 Å². The highest BCUT2D eigenvalue weighted by molar-refractivity contribution is 7.13. The molecule has 6 rings (SSSR count). The fourth-order valence-corrected chi connectivity index (χ4v) is 6.38. The van der Waals surface area contributed by atoms with Crippen molar-refractivity contribution < 1.29 is 29.3 Å². The zero-order valence-corrected chi connectivity index (χ0v) is 31.2. The molecule has 2 aromatic carbocycles. The Balaban J connectivity index is 0.000000220. The zero-order chi connectivity index (χ0) is 39.0. The maximum Gasteiger partial charge on any atom is 0.335 e. The van der Waals surface area contributed by atoms with Crippen LogP contribution in [0.15, 0.2) is 67.7 Å². The fourth-order valence-electron chi connectivity index (χ4n) is 4.85. The molecule has 0 bridgehead atoms. The third-order valence-electron chi connectivity index (χ3n) is 7.62. The van der Waals surface area contributed by atoms with Crippen molar-refractivity contribution in [3.05, 3.63) is 113 Å². The van der Waals surface area contributed by atoms with Gasteiger partial charge in [-0.3, -0.25) is 9.59 Å². The van der Waals surface area contributed by atoms with E-state index in [0.29, 0.717) is 39.5 Å². The number of ether oxygens (including phenoxy) is 2. The van der Waals surface area contributed by atoms with E-state index < -0.39 is 47.7 Å². The van der Waals surface area contributed by atoms with Gasteiger partial charge in [-0.2, -0.15) is 8.75 Å². The first-order valence-corrected chi connectivity index (χ1v) is 17.3. The maximum absolute atomic E-state index is 12.4. The van der Waals surface area contributed by atoms with Gasteiger partial charge in [-0.25, -0.2) is 23.5 Å². The van der Waals surface area contributed by atoms with Crippen LogP contribution in [0.1, 0.15) is 22.8 Å². The number of hydrogen-bond donors (Lipinski definition) is 2. The largest absolute Gasteiger partial charge is 0.548 e. The molecule has 53 heavy (non-hydrogen) atoms. The molecule has 0 aliphatic rings. The molecule has 0 unspecified atom stereocenters. The summed E-state index contributed by atoms with van der Waals surface area (Å²) in [5.74, 6) is -2.37. The van der Waals surface area contributed by atoms with Crippen LogP contribution >= 0.6 is 23.1 Å². The number of carbonyl (C=O) groups excluding carboxylic acids is 1. The Labute approximate surface area is 308 Å². The molecule has 280 valence electrons. The van der Waals surface area contributed by atoms with Crippen molar-refractivity contribution in [1.29, 1.82) is 0 Å². The minimum atomic E-state index is -1.31. The van der Waals surface area contributed by atoms with Crippen molar-refractivity contribution >= 4 is 55.2 Å². The molecule has 0 saturated carbocycles. The number of fused-ring (bicyclic) bond motifs is 2. The van der Waals surface area contributed by atoms with Gasteiger partial charge in [0.15, 0.2) is 0 Å². The van der Waals surface area contributed by atoms with Crippen LogP contribution < -0.4 is 32.9 Å². The number of carboxylic acid groups (broad SMARTS) is 2. The van der Waals surface area contributed by atoms with Crippen LogP contribution in [0.5, 0.6) is 0 Å². The van der Waals surface area contributed by atoms with Crippen LogP contribution in [0, 0.1) is 13.8 Å². The Kier molecular flexibility index (Phi) is 13.5. The molecule has 0 amide bonds. The molecule has 4 heterocycles. The summed E-state index contributed by atoms with van der Waals surface area (Å²) in [5, 5.41) is 23.3. The van der Waals surface area contributed by atoms with E-state index in [9.17, 15) is 33.9 Å². The van der Waals surface area contributed by atoms with E-state index in [2.05, 4.69) is 14.1 Å². The molecule has 4 aromatic heterocycles. The zero-order valence-electron chi connectivity index (χ0n) is 29.6. The molecule has 0 aliphatic heterocycles. The van der Waals surface area contributed by atoms with Gasteiger partial charge in [0.25, 0.3) is 11.1 Å². The fraction of sp³-hybridized carbons (Fsp3) is 0.294. The molecule has 0 radical (unpaired) electrons. The summed E-state index contributed by atoms with van der Waals surface area (Å²) < 4.78 is 25.3. The SMILES string of the molecule is CNC.Cc1cc(=O)n(-c2ccc3snc(COCC(=O)O)c3c2)c(=O)n1C.Cc1cc(=O)n(-c2ccc3snc(COCC(=O)[O-])c3c2)c(=O)n1C. The Morgan fingerprint density at radius 1 is 0.736 bits per heavy atom. The second-order valence-electron chi connectivity index (χ2n) is 11.5. The Hall–Kier alpha value is -5.60. The van der Waals surface area contributed by atoms with Crippen LogP contribution in [0.3, 0.4) is 0 Å². The number of carboxylic acids is 2. The molecule has 0 atom stereocenters. The first kappa shape index (κ1) is 40.2. The molecule has 2 N–H and O–H groups in total. The van der Waals surface area contributed by atoms with E-state index in [4.69, 9.17) is 14.6 Å². The Morgan fingerprint density at radius 2 is 1.13 bits per heavy atom. The number of aromatic nitrogens is 6. The lowest BCUT2D eigenvalue weighted by Gasteiger charge is -2.09. The van der Waals surface area contributed by atoms with Crippen LogP contribution in [0.4, 0.5) is 0 Å². The van der Waals surface area contributed by atoms with Crippen LogP contribution in [0.2, 0.25) is 0 Å². The number of aryl methyl sites for hydroxylation is 2. The molecule has 0 saturated heterocycles.